The molecule has 14 heteroatoms. The van der Waals surface area contributed by atoms with Crippen LogP contribution in [0.15, 0.2) is 0 Å². The van der Waals surface area contributed by atoms with Gasteiger partial charge in [0.25, 0.3) is 5.91 Å². The van der Waals surface area contributed by atoms with Crippen molar-refractivity contribution < 1.29 is 42.3 Å². The van der Waals surface area contributed by atoms with E-state index >= 15 is 0 Å². The molecule has 3 aliphatic rings. The van der Waals surface area contributed by atoms with Crippen molar-refractivity contribution in [2.24, 2.45) is 28.6 Å². The fraction of sp³-hybridized carbons (Fsp3) is 0.800. The fourth-order valence-corrected chi connectivity index (χ4v) is 5.88. The van der Waals surface area contributed by atoms with E-state index in [9.17, 15) is 42.3 Å². The summed E-state index contributed by atoms with van der Waals surface area (Å²) in [4.78, 5) is 64.7. The average Bonchev–Trinajstić information content (AvgIpc) is 3.18. The van der Waals surface area contributed by atoms with Crippen molar-refractivity contribution in [3.05, 3.63) is 0 Å². The number of nitrogens with zero attached hydrogens (tertiary/aromatic N) is 1. The molecule has 5 N–H and O–H groups in total. The van der Waals surface area contributed by atoms with Gasteiger partial charge in [0.1, 0.15) is 12.1 Å². The quantitative estimate of drug-likeness (QED) is 0.274. The SMILES string of the molecule is CNC(=O)[C@H](O)[C@H](C[C@@H]1CCNC1=O)NC(=O)[C@@H]1[C@@H]2[C@H](CN1C(=O)[C@@H](NC(=O)C(F)(F)F)C(C)(C)C)C2(C)C. The van der Waals surface area contributed by atoms with Crippen LogP contribution in [0.4, 0.5) is 13.2 Å². The van der Waals surface area contributed by atoms with Crippen molar-refractivity contribution in [1.82, 2.24) is 26.2 Å². The van der Waals surface area contributed by atoms with Crippen molar-refractivity contribution >= 4 is 29.5 Å². The first kappa shape index (κ1) is 30.6. The second kappa shape index (κ2) is 10.6. The molecule has 2 heterocycles. The summed E-state index contributed by atoms with van der Waals surface area (Å²) in [6.45, 7) is 8.85. The molecule has 39 heavy (non-hydrogen) atoms. The van der Waals surface area contributed by atoms with E-state index in [1.807, 2.05) is 13.8 Å². The van der Waals surface area contributed by atoms with Gasteiger partial charge >= 0.3 is 12.1 Å². The maximum atomic E-state index is 13.7. The molecule has 7 atom stereocenters. The van der Waals surface area contributed by atoms with Gasteiger partial charge in [-0.15, -0.1) is 0 Å². The Kier molecular flexibility index (Phi) is 8.31. The lowest BCUT2D eigenvalue weighted by Crippen LogP contribution is -2.62. The monoisotopic (exact) mass is 561 g/mol. The predicted molar refractivity (Wildman–Crippen MR) is 131 cm³/mol. The second-order valence-electron chi connectivity index (χ2n) is 12.3. The first-order chi connectivity index (χ1) is 17.8. The molecule has 220 valence electrons. The number of hydrogen-bond acceptors (Lipinski definition) is 6. The van der Waals surface area contributed by atoms with Crippen LogP contribution < -0.4 is 21.3 Å². The van der Waals surface area contributed by atoms with Crippen LogP contribution in [-0.2, 0) is 24.0 Å². The number of rotatable bonds is 8. The number of likely N-dealkylation sites (N-methyl/N-ethyl adjacent to an activating group) is 1. The summed E-state index contributed by atoms with van der Waals surface area (Å²) in [5, 5.41) is 20.1. The van der Waals surface area contributed by atoms with Gasteiger partial charge in [-0.2, -0.15) is 13.2 Å². The molecule has 2 saturated heterocycles. The zero-order valence-corrected chi connectivity index (χ0v) is 22.9. The molecule has 0 spiro atoms. The number of nitrogens with one attached hydrogen (secondary N) is 4. The molecule has 0 bridgehead atoms. The minimum Gasteiger partial charge on any atom is -0.381 e. The van der Waals surface area contributed by atoms with E-state index in [0.717, 1.165) is 0 Å². The van der Waals surface area contributed by atoms with E-state index in [4.69, 9.17) is 0 Å². The van der Waals surface area contributed by atoms with E-state index < -0.39 is 65.4 Å². The lowest BCUT2D eigenvalue weighted by atomic mass is 9.85. The lowest BCUT2D eigenvalue weighted by molar-refractivity contribution is -0.176. The third-order valence-corrected chi connectivity index (χ3v) is 8.33. The number of amides is 5. The number of carbonyl (C=O) groups excluding carboxylic acids is 5. The summed E-state index contributed by atoms with van der Waals surface area (Å²) in [7, 11) is 1.31. The highest BCUT2D eigenvalue weighted by atomic mass is 19.4. The van der Waals surface area contributed by atoms with E-state index in [0.29, 0.717) is 13.0 Å². The van der Waals surface area contributed by atoms with Gasteiger partial charge in [-0.05, 0) is 35.5 Å². The Morgan fingerprint density at radius 2 is 1.77 bits per heavy atom. The number of aliphatic hydroxyl groups is 1. The second-order valence-corrected chi connectivity index (χ2v) is 12.3. The third-order valence-electron chi connectivity index (χ3n) is 8.33. The smallest absolute Gasteiger partial charge is 0.381 e. The predicted octanol–water partition coefficient (Wildman–Crippen LogP) is -0.319. The van der Waals surface area contributed by atoms with Crippen LogP contribution in [0.5, 0.6) is 0 Å². The van der Waals surface area contributed by atoms with Crippen molar-refractivity contribution in [3.8, 4) is 0 Å². The highest BCUT2D eigenvalue weighted by Gasteiger charge is 2.70. The van der Waals surface area contributed by atoms with E-state index in [1.54, 1.807) is 5.32 Å². The summed E-state index contributed by atoms with van der Waals surface area (Å²) in [6.07, 6.45) is -6.47. The van der Waals surface area contributed by atoms with Crippen molar-refractivity contribution in [1.29, 1.82) is 0 Å². The molecule has 0 aromatic rings. The Morgan fingerprint density at radius 1 is 1.15 bits per heavy atom. The normalized spacial score (nSPS) is 28.1. The molecule has 1 aliphatic carbocycles. The molecule has 11 nitrogen and oxygen atoms in total. The standard InChI is InChI=1S/C25H38F3N5O6/c1-23(2,3)17(32-22(39)25(26,27)28)21(38)33-10-12-14(24(12,4)5)15(33)19(36)31-13(16(34)20(37)29-6)9-11-7-8-30-18(11)35/h11-17,34H,7-10H2,1-6H3,(H,29,37)(H,30,35)(H,31,36)(H,32,39)/t11-,12-,13-,14-,15-,16+,17+/m0/s1. The van der Waals surface area contributed by atoms with Crippen molar-refractivity contribution in [3.63, 3.8) is 0 Å². The van der Waals surface area contributed by atoms with E-state index in [2.05, 4.69) is 16.0 Å². The maximum absolute atomic E-state index is 13.7. The molecule has 1 saturated carbocycles. The van der Waals surface area contributed by atoms with Crippen LogP contribution in [0.3, 0.4) is 0 Å². The van der Waals surface area contributed by atoms with Gasteiger partial charge < -0.3 is 31.3 Å². The summed E-state index contributed by atoms with van der Waals surface area (Å²) < 4.78 is 39.1. The zero-order chi connectivity index (χ0) is 29.7. The van der Waals surface area contributed by atoms with Crippen LogP contribution in [0.25, 0.3) is 0 Å². The van der Waals surface area contributed by atoms with Crippen LogP contribution >= 0.6 is 0 Å². The summed E-state index contributed by atoms with van der Waals surface area (Å²) >= 11 is 0. The minimum atomic E-state index is -5.20. The first-order valence-corrected chi connectivity index (χ1v) is 13.0. The molecular formula is C25H38F3N5O6. The number of halogens is 3. The largest absolute Gasteiger partial charge is 0.471 e. The van der Waals surface area contributed by atoms with Gasteiger partial charge in [0.05, 0.1) is 6.04 Å². The van der Waals surface area contributed by atoms with Gasteiger partial charge in [-0.3, -0.25) is 24.0 Å². The molecule has 3 rings (SSSR count). The molecule has 0 radical (unpaired) electrons. The Morgan fingerprint density at radius 3 is 2.26 bits per heavy atom. The number of fused-ring (bicyclic) bond motifs is 1. The Labute approximate surface area is 225 Å². The zero-order valence-electron chi connectivity index (χ0n) is 22.9. The number of hydrogen-bond donors (Lipinski definition) is 5. The van der Waals surface area contributed by atoms with Crippen LogP contribution in [-0.4, -0.2) is 90.1 Å². The highest BCUT2D eigenvalue weighted by molar-refractivity contribution is 5.95. The molecule has 0 aromatic heterocycles. The van der Waals surface area contributed by atoms with Gasteiger partial charge in [-0.1, -0.05) is 34.6 Å². The first-order valence-electron chi connectivity index (χ1n) is 13.0. The molecule has 3 fully saturated rings. The van der Waals surface area contributed by atoms with E-state index in [-0.39, 0.29) is 36.1 Å². The molecule has 5 amide bonds. The summed E-state index contributed by atoms with van der Waals surface area (Å²) in [6, 6.07) is -3.84. The van der Waals surface area contributed by atoms with Crippen LogP contribution in [0.2, 0.25) is 0 Å². The fourth-order valence-electron chi connectivity index (χ4n) is 5.88. The van der Waals surface area contributed by atoms with Crippen molar-refractivity contribution in [2.75, 3.05) is 20.1 Å². The van der Waals surface area contributed by atoms with Gasteiger partial charge in [-0.25, -0.2) is 0 Å². The number of aliphatic hydroxyl groups excluding tert-OH is 1. The Bertz CT molecular complexity index is 1030. The number of carbonyl (C=O) groups is 5. The number of piperidine rings is 1. The van der Waals surface area contributed by atoms with Gasteiger partial charge in [0, 0.05) is 26.1 Å². The molecular weight excluding hydrogens is 523 g/mol. The summed E-state index contributed by atoms with van der Waals surface area (Å²) in [5.41, 5.74) is -1.46. The topological polar surface area (TPSA) is 157 Å². The Balaban J connectivity index is 1.88. The lowest BCUT2D eigenvalue weighted by Gasteiger charge is -2.38. The van der Waals surface area contributed by atoms with Gasteiger partial charge in [0.2, 0.25) is 17.7 Å². The minimum absolute atomic E-state index is 0.0312. The van der Waals surface area contributed by atoms with Crippen LogP contribution in [0.1, 0.15) is 47.5 Å². The maximum Gasteiger partial charge on any atom is 0.471 e. The number of alkyl halides is 3. The van der Waals surface area contributed by atoms with E-state index in [1.165, 1.54) is 32.7 Å². The van der Waals surface area contributed by atoms with Crippen LogP contribution in [0, 0.1) is 28.6 Å². The average molecular weight is 562 g/mol. The molecule has 0 aromatic carbocycles. The molecule has 0 unspecified atom stereocenters. The summed E-state index contributed by atoms with van der Waals surface area (Å²) in [5.74, 6) is -5.82. The highest BCUT2D eigenvalue weighted by Crippen LogP contribution is 2.65. The van der Waals surface area contributed by atoms with Crippen molar-refractivity contribution in [2.45, 2.75) is 77.9 Å². The third kappa shape index (κ3) is 6.15. The molecule has 2 aliphatic heterocycles. The number of likely N-dealkylation sites (tertiary alicyclic amines) is 1. The Hall–Kier alpha value is -2.90. The van der Waals surface area contributed by atoms with Gasteiger partial charge in [0.15, 0.2) is 6.10 Å².